The van der Waals surface area contributed by atoms with Crippen molar-refractivity contribution >= 4 is 17.0 Å². The first-order valence-corrected chi connectivity index (χ1v) is 5.71. The highest BCUT2D eigenvalue weighted by Crippen LogP contribution is 2.12. The molecule has 0 radical (unpaired) electrons. The van der Waals surface area contributed by atoms with Gasteiger partial charge in [0.25, 0.3) is 0 Å². The Kier molecular flexibility index (Phi) is 3.40. The van der Waals surface area contributed by atoms with Crippen LogP contribution in [-0.4, -0.2) is 11.5 Å². The molecule has 0 amide bonds. The van der Waals surface area contributed by atoms with Crippen LogP contribution in [0, 0.1) is 6.92 Å². The number of hydrogen-bond donors (Lipinski definition) is 2. The number of pyridine rings is 1. The molecule has 2 aromatic rings. The number of aromatic amines is 1. The Labute approximate surface area is 100.0 Å². The van der Waals surface area contributed by atoms with E-state index in [4.69, 9.17) is 5.73 Å². The third-order valence-electron chi connectivity index (χ3n) is 2.63. The van der Waals surface area contributed by atoms with Gasteiger partial charge in [0.2, 0.25) is 0 Å². The zero-order valence-electron chi connectivity index (χ0n) is 9.86. The summed E-state index contributed by atoms with van der Waals surface area (Å²) in [6.45, 7) is 2.53. The average molecular weight is 228 g/mol. The number of H-pyrrole nitrogens is 1. The summed E-state index contributed by atoms with van der Waals surface area (Å²) in [7, 11) is 0. The van der Waals surface area contributed by atoms with Gasteiger partial charge in [-0.25, -0.2) is 0 Å². The molecule has 88 valence electrons. The summed E-state index contributed by atoms with van der Waals surface area (Å²) in [5, 5.41) is 0.727. The van der Waals surface area contributed by atoms with Gasteiger partial charge in [-0.05, 0) is 37.6 Å². The van der Waals surface area contributed by atoms with E-state index in [1.807, 2.05) is 37.3 Å². The number of nitrogens with two attached hydrogens (primary N) is 1. The fourth-order valence-corrected chi connectivity index (χ4v) is 1.82. The highest BCUT2D eigenvalue weighted by molar-refractivity contribution is 5.81. The molecule has 1 aromatic heterocycles. The number of nitrogens with one attached hydrogen (secondary N) is 1. The van der Waals surface area contributed by atoms with Gasteiger partial charge in [0, 0.05) is 22.7 Å². The van der Waals surface area contributed by atoms with E-state index in [1.54, 1.807) is 6.07 Å². The number of benzene rings is 1. The second kappa shape index (κ2) is 4.97. The van der Waals surface area contributed by atoms with E-state index in [0.717, 1.165) is 28.6 Å². The van der Waals surface area contributed by atoms with Gasteiger partial charge in [-0.1, -0.05) is 18.2 Å². The zero-order chi connectivity index (χ0) is 12.3. The van der Waals surface area contributed by atoms with Crippen LogP contribution in [0.4, 0.5) is 0 Å². The molecule has 0 bridgehead atoms. The average Bonchev–Trinajstić information content (AvgIpc) is 2.30. The summed E-state index contributed by atoms with van der Waals surface area (Å²) in [6, 6.07) is 7.45. The van der Waals surface area contributed by atoms with Crippen molar-refractivity contribution in [3.05, 3.63) is 51.8 Å². The number of fused-ring (bicyclic) bond motifs is 1. The Morgan fingerprint density at radius 2 is 2.18 bits per heavy atom. The first kappa shape index (κ1) is 11.6. The topological polar surface area (TPSA) is 58.9 Å². The molecule has 3 N–H and O–H groups in total. The number of rotatable bonds is 3. The molecule has 1 aromatic carbocycles. The standard InChI is InChI=1S/C14H16N2O/c1-10-8-14(17)12-9-11(4-2-3-7-15)5-6-13(12)16-10/h2,4-6,8-9H,3,7,15H2,1H3,(H,16,17). The van der Waals surface area contributed by atoms with E-state index < -0.39 is 0 Å². The summed E-state index contributed by atoms with van der Waals surface area (Å²) in [5.41, 5.74) is 8.27. The summed E-state index contributed by atoms with van der Waals surface area (Å²) in [6.07, 6.45) is 4.86. The van der Waals surface area contributed by atoms with Crippen LogP contribution in [-0.2, 0) is 0 Å². The Morgan fingerprint density at radius 3 is 2.94 bits per heavy atom. The van der Waals surface area contributed by atoms with Gasteiger partial charge in [-0.3, -0.25) is 4.79 Å². The van der Waals surface area contributed by atoms with Gasteiger partial charge in [-0.2, -0.15) is 0 Å². The normalized spacial score (nSPS) is 11.4. The van der Waals surface area contributed by atoms with E-state index in [2.05, 4.69) is 4.98 Å². The Hall–Kier alpha value is -1.87. The molecular formula is C14H16N2O. The van der Waals surface area contributed by atoms with Crippen LogP contribution in [0.15, 0.2) is 35.1 Å². The minimum atomic E-state index is 0.0605. The number of hydrogen-bond acceptors (Lipinski definition) is 2. The molecule has 17 heavy (non-hydrogen) atoms. The lowest BCUT2D eigenvalue weighted by Crippen LogP contribution is -2.02. The zero-order valence-corrected chi connectivity index (χ0v) is 9.86. The van der Waals surface area contributed by atoms with E-state index >= 15 is 0 Å². The molecule has 0 unspecified atom stereocenters. The van der Waals surface area contributed by atoms with Crippen LogP contribution in [0.5, 0.6) is 0 Å². The quantitative estimate of drug-likeness (QED) is 0.846. The maximum Gasteiger partial charge on any atom is 0.189 e. The molecule has 3 nitrogen and oxygen atoms in total. The molecule has 3 heteroatoms. The largest absolute Gasteiger partial charge is 0.358 e. The monoisotopic (exact) mass is 228 g/mol. The van der Waals surface area contributed by atoms with E-state index in [0.29, 0.717) is 6.54 Å². The summed E-state index contributed by atoms with van der Waals surface area (Å²) >= 11 is 0. The van der Waals surface area contributed by atoms with Gasteiger partial charge in [0.05, 0.1) is 0 Å². The molecule has 0 saturated carbocycles. The van der Waals surface area contributed by atoms with Crippen molar-refractivity contribution in [2.75, 3.05) is 6.54 Å². The molecule has 0 atom stereocenters. The number of aromatic nitrogens is 1. The second-order valence-electron chi connectivity index (χ2n) is 4.10. The lowest BCUT2D eigenvalue weighted by Gasteiger charge is -2.01. The molecule has 1 heterocycles. The fraction of sp³-hybridized carbons (Fsp3) is 0.214. The molecular weight excluding hydrogens is 212 g/mol. The van der Waals surface area contributed by atoms with Crippen molar-refractivity contribution in [3.63, 3.8) is 0 Å². The maximum absolute atomic E-state index is 11.8. The van der Waals surface area contributed by atoms with Gasteiger partial charge >= 0.3 is 0 Å². The Balaban J connectivity index is 2.47. The molecule has 0 saturated heterocycles. The molecule has 0 aliphatic carbocycles. The molecule has 0 fully saturated rings. The maximum atomic E-state index is 11.8. The van der Waals surface area contributed by atoms with Gasteiger partial charge in [0.15, 0.2) is 5.43 Å². The second-order valence-corrected chi connectivity index (χ2v) is 4.10. The fourth-order valence-electron chi connectivity index (χ4n) is 1.82. The highest BCUT2D eigenvalue weighted by Gasteiger charge is 1.99. The van der Waals surface area contributed by atoms with Crippen molar-refractivity contribution in [1.82, 2.24) is 4.98 Å². The predicted octanol–water partition coefficient (Wildman–Crippen LogP) is 2.20. The van der Waals surface area contributed by atoms with Crippen molar-refractivity contribution in [1.29, 1.82) is 0 Å². The first-order chi connectivity index (χ1) is 8.20. The van der Waals surface area contributed by atoms with E-state index in [9.17, 15) is 4.79 Å². The van der Waals surface area contributed by atoms with Crippen molar-refractivity contribution in [3.8, 4) is 0 Å². The predicted molar refractivity (Wildman–Crippen MR) is 72.0 cm³/mol. The van der Waals surface area contributed by atoms with Gasteiger partial charge in [0.1, 0.15) is 0 Å². The van der Waals surface area contributed by atoms with Crippen LogP contribution in [0.1, 0.15) is 17.7 Å². The lowest BCUT2D eigenvalue weighted by molar-refractivity contribution is 1.01. The smallest absolute Gasteiger partial charge is 0.189 e. The molecule has 0 aliphatic rings. The molecule has 2 rings (SSSR count). The van der Waals surface area contributed by atoms with Gasteiger partial charge in [-0.15, -0.1) is 0 Å². The number of aryl methyl sites for hydroxylation is 1. The SMILES string of the molecule is Cc1cc(=O)c2cc(C=CCCN)ccc2[nH]1. The van der Waals surface area contributed by atoms with Crippen LogP contribution in [0.25, 0.3) is 17.0 Å². The third kappa shape index (κ3) is 2.63. The van der Waals surface area contributed by atoms with E-state index in [-0.39, 0.29) is 5.43 Å². The minimum Gasteiger partial charge on any atom is -0.358 e. The molecule has 0 aliphatic heterocycles. The Morgan fingerprint density at radius 1 is 1.35 bits per heavy atom. The lowest BCUT2D eigenvalue weighted by atomic mass is 10.1. The van der Waals surface area contributed by atoms with Gasteiger partial charge < -0.3 is 10.7 Å². The summed E-state index contributed by atoms with van der Waals surface area (Å²) in [4.78, 5) is 15.0. The Bertz CT molecular complexity index is 611. The van der Waals surface area contributed by atoms with Crippen molar-refractivity contribution in [2.45, 2.75) is 13.3 Å². The van der Waals surface area contributed by atoms with Crippen molar-refractivity contribution in [2.24, 2.45) is 5.73 Å². The van der Waals surface area contributed by atoms with Crippen LogP contribution >= 0.6 is 0 Å². The minimum absolute atomic E-state index is 0.0605. The summed E-state index contributed by atoms with van der Waals surface area (Å²) < 4.78 is 0. The van der Waals surface area contributed by atoms with Crippen LogP contribution in [0.3, 0.4) is 0 Å². The van der Waals surface area contributed by atoms with E-state index in [1.165, 1.54) is 0 Å². The molecule has 0 spiro atoms. The first-order valence-electron chi connectivity index (χ1n) is 5.71. The van der Waals surface area contributed by atoms with Crippen LogP contribution in [0.2, 0.25) is 0 Å². The highest BCUT2D eigenvalue weighted by atomic mass is 16.1. The van der Waals surface area contributed by atoms with Crippen molar-refractivity contribution < 1.29 is 0 Å². The van der Waals surface area contributed by atoms with Crippen LogP contribution < -0.4 is 11.2 Å². The third-order valence-corrected chi connectivity index (χ3v) is 2.63. The summed E-state index contributed by atoms with van der Waals surface area (Å²) in [5.74, 6) is 0.